The van der Waals surface area contributed by atoms with Gasteiger partial charge < -0.3 is 11.1 Å². The molecule has 110 valence electrons. The van der Waals surface area contributed by atoms with Crippen LogP contribution in [0.3, 0.4) is 0 Å². The predicted molar refractivity (Wildman–Crippen MR) is 82.4 cm³/mol. The predicted octanol–water partition coefficient (Wildman–Crippen LogP) is 2.55. The Morgan fingerprint density at radius 3 is 2.65 bits per heavy atom. The molecule has 0 saturated heterocycles. The van der Waals surface area contributed by atoms with Crippen molar-refractivity contribution in [1.82, 2.24) is 0 Å². The van der Waals surface area contributed by atoms with E-state index >= 15 is 0 Å². The van der Waals surface area contributed by atoms with Crippen molar-refractivity contribution in [2.24, 2.45) is 11.7 Å². The summed E-state index contributed by atoms with van der Waals surface area (Å²) in [6.45, 7) is 3.81. The normalized spacial score (nSPS) is 15.3. The van der Waals surface area contributed by atoms with E-state index in [-0.39, 0.29) is 30.0 Å². The lowest BCUT2D eigenvalue weighted by molar-refractivity contribution is -0.118. The molecule has 0 saturated carbocycles. The van der Waals surface area contributed by atoms with Gasteiger partial charge in [-0.1, -0.05) is 19.9 Å². The molecule has 0 heterocycles. The molecule has 2 rings (SSSR count). The minimum absolute atomic E-state index is 0. The fraction of sp³-hybridized carbons (Fsp3) is 0.467. The molecular weight excluding hydrogens is 276 g/mol. The largest absolute Gasteiger partial charge is 0.325 e. The number of fused-ring (bicyclic) bond motifs is 1. The molecule has 3 N–H and O–H groups in total. The fourth-order valence-electron chi connectivity index (χ4n) is 2.23. The van der Waals surface area contributed by atoms with E-state index in [0.717, 1.165) is 24.0 Å². The lowest BCUT2D eigenvalue weighted by atomic mass is 9.90. The number of halogens is 1. The van der Waals surface area contributed by atoms with E-state index in [0.29, 0.717) is 12.1 Å². The van der Waals surface area contributed by atoms with Gasteiger partial charge in [-0.05, 0) is 36.5 Å². The Hall–Kier alpha value is -1.39. The van der Waals surface area contributed by atoms with Gasteiger partial charge in [0.15, 0.2) is 5.78 Å². The molecule has 1 aromatic carbocycles. The summed E-state index contributed by atoms with van der Waals surface area (Å²) >= 11 is 0. The lowest BCUT2D eigenvalue weighted by Gasteiger charge is -2.18. The zero-order chi connectivity index (χ0) is 14.0. The van der Waals surface area contributed by atoms with Gasteiger partial charge >= 0.3 is 0 Å². The molecule has 20 heavy (non-hydrogen) atoms. The number of ketones is 1. The quantitative estimate of drug-likeness (QED) is 0.900. The molecule has 1 atom stereocenters. The van der Waals surface area contributed by atoms with E-state index < -0.39 is 6.04 Å². The van der Waals surface area contributed by atoms with Crippen LogP contribution in [0.4, 0.5) is 5.69 Å². The third-order valence-electron chi connectivity index (χ3n) is 3.55. The highest BCUT2D eigenvalue weighted by molar-refractivity contribution is 6.01. The van der Waals surface area contributed by atoms with Crippen LogP contribution in [0.25, 0.3) is 0 Å². The van der Waals surface area contributed by atoms with Gasteiger partial charge in [0.1, 0.15) is 0 Å². The van der Waals surface area contributed by atoms with Crippen LogP contribution >= 0.6 is 12.4 Å². The number of rotatable bonds is 3. The Morgan fingerprint density at radius 2 is 2.00 bits per heavy atom. The summed E-state index contributed by atoms with van der Waals surface area (Å²) in [7, 11) is 0. The van der Waals surface area contributed by atoms with Gasteiger partial charge in [0.25, 0.3) is 0 Å². The zero-order valence-corrected chi connectivity index (χ0v) is 12.6. The van der Waals surface area contributed by atoms with Crippen molar-refractivity contribution < 1.29 is 9.59 Å². The molecule has 0 aliphatic heterocycles. The second-order valence-corrected chi connectivity index (χ2v) is 5.41. The lowest BCUT2D eigenvalue weighted by Crippen LogP contribution is -2.39. The third-order valence-corrected chi connectivity index (χ3v) is 3.55. The number of nitrogens with two attached hydrogens (primary N) is 1. The van der Waals surface area contributed by atoms with Gasteiger partial charge in [-0.2, -0.15) is 0 Å². The van der Waals surface area contributed by atoms with Crippen LogP contribution < -0.4 is 11.1 Å². The molecule has 1 aromatic rings. The summed E-state index contributed by atoms with van der Waals surface area (Å²) in [4.78, 5) is 23.7. The van der Waals surface area contributed by atoms with Crippen molar-refractivity contribution in [2.45, 2.75) is 39.2 Å². The van der Waals surface area contributed by atoms with Crippen molar-refractivity contribution in [1.29, 1.82) is 0 Å². The highest BCUT2D eigenvalue weighted by Crippen LogP contribution is 2.24. The maximum absolute atomic E-state index is 11.9. The summed E-state index contributed by atoms with van der Waals surface area (Å²) in [5.74, 6) is 0.0305. The molecule has 5 heteroatoms. The maximum atomic E-state index is 11.9. The Balaban J connectivity index is 0.00000200. The SMILES string of the molecule is CC(C)[C@H](N)C(=O)Nc1ccc2c(c1)C(=O)CCC2.Cl. The maximum Gasteiger partial charge on any atom is 0.241 e. The van der Waals surface area contributed by atoms with Gasteiger partial charge in [0, 0.05) is 17.7 Å². The van der Waals surface area contributed by atoms with Gasteiger partial charge in [-0.15, -0.1) is 12.4 Å². The van der Waals surface area contributed by atoms with Crippen LogP contribution in [0, 0.1) is 5.92 Å². The molecule has 0 spiro atoms. The monoisotopic (exact) mass is 296 g/mol. The minimum atomic E-state index is -0.535. The van der Waals surface area contributed by atoms with Gasteiger partial charge in [0.2, 0.25) is 5.91 Å². The number of amides is 1. The number of carbonyl (C=O) groups is 2. The summed E-state index contributed by atoms with van der Waals surface area (Å²) in [6, 6.07) is 4.99. The first-order valence-electron chi connectivity index (χ1n) is 6.71. The van der Waals surface area contributed by atoms with Crippen molar-refractivity contribution in [3.63, 3.8) is 0 Å². The van der Waals surface area contributed by atoms with Crippen LogP contribution in [-0.4, -0.2) is 17.7 Å². The van der Waals surface area contributed by atoms with Gasteiger partial charge in [-0.3, -0.25) is 9.59 Å². The number of hydrogen-bond acceptors (Lipinski definition) is 3. The Bertz CT molecular complexity index is 515. The number of hydrogen-bond donors (Lipinski definition) is 2. The summed E-state index contributed by atoms with van der Waals surface area (Å²) in [6.07, 6.45) is 2.44. The average Bonchev–Trinajstić information content (AvgIpc) is 2.38. The Morgan fingerprint density at radius 1 is 1.30 bits per heavy atom. The number of nitrogens with one attached hydrogen (secondary N) is 1. The Kier molecular flexibility index (Phi) is 5.72. The van der Waals surface area contributed by atoms with Gasteiger partial charge in [0.05, 0.1) is 6.04 Å². The first-order valence-corrected chi connectivity index (χ1v) is 6.71. The second kappa shape index (κ2) is 6.86. The van der Waals surface area contributed by atoms with E-state index in [9.17, 15) is 9.59 Å². The molecule has 1 aliphatic rings. The number of benzene rings is 1. The van der Waals surface area contributed by atoms with Crippen molar-refractivity contribution in [2.75, 3.05) is 5.32 Å². The zero-order valence-electron chi connectivity index (χ0n) is 11.8. The molecule has 1 aliphatic carbocycles. The van der Waals surface area contributed by atoms with E-state index in [4.69, 9.17) is 5.73 Å². The molecule has 4 nitrogen and oxygen atoms in total. The highest BCUT2D eigenvalue weighted by Gasteiger charge is 2.20. The van der Waals surface area contributed by atoms with Crippen LogP contribution in [0.15, 0.2) is 18.2 Å². The number of carbonyl (C=O) groups excluding carboxylic acids is 2. The van der Waals surface area contributed by atoms with E-state index in [1.807, 2.05) is 26.0 Å². The first kappa shape index (κ1) is 16.7. The number of Topliss-reactive ketones (excluding diaryl/α,β-unsaturated/α-hetero) is 1. The van der Waals surface area contributed by atoms with Crippen LogP contribution in [-0.2, 0) is 11.2 Å². The van der Waals surface area contributed by atoms with E-state index in [2.05, 4.69) is 5.32 Å². The molecule has 0 radical (unpaired) electrons. The van der Waals surface area contributed by atoms with Crippen LogP contribution in [0.2, 0.25) is 0 Å². The molecule has 0 fully saturated rings. The number of anilines is 1. The smallest absolute Gasteiger partial charge is 0.241 e. The minimum Gasteiger partial charge on any atom is -0.325 e. The van der Waals surface area contributed by atoms with E-state index in [1.54, 1.807) is 6.07 Å². The van der Waals surface area contributed by atoms with Crippen molar-refractivity contribution in [3.05, 3.63) is 29.3 Å². The standard InChI is InChI=1S/C15H20N2O2.ClH/c1-9(2)14(16)15(19)17-11-7-6-10-4-3-5-13(18)12(10)8-11;/h6-9,14H,3-5,16H2,1-2H3,(H,17,19);1H/t14-;/m0./s1. The van der Waals surface area contributed by atoms with Crippen LogP contribution in [0.1, 0.15) is 42.6 Å². The van der Waals surface area contributed by atoms with Crippen molar-refractivity contribution in [3.8, 4) is 0 Å². The second-order valence-electron chi connectivity index (χ2n) is 5.41. The molecule has 0 unspecified atom stereocenters. The first-order chi connectivity index (χ1) is 8.99. The summed E-state index contributed by atoms with van der Waals surface area (Å²) in [5, 5.41) is 2.78. The fourth-order valence-corrected chi connectivity index (χ4v) is 2.23. The third kappa shape index (κ3) is 3.58. The van der Waals surface area contributed by atoms with Gasteiger partial charge in [-0.25, -0.2) is 0 Å². The number of aryl methyl sites for hydroxylation is 1. The molecule has 0 bridgehead atoms. The van der Waals surface area contributed by atoms with E-state index in [1.165, 1.54) is 0 Å². The summed E-state index contributed by atoms with van der Waals surface area (Å²) in [5.41, 5.74) is 8.25. The van der Waals surface area contributed by atoms with Crippen molar-refractivity contribution >= 4 is 29.8 Å². The molecule has 1 amide bonds. The Labute approximate surface area is 125 Å². The average molecular weight is 297 g/mol. The topological polar surface area (TPSA) is 72.2 Å². The van der Waals surface area contributed by atoms with Crippen LogP contribution in [0.5, 0.6) is 0 Å². The summed E-state index contributed by atoms with van der Waals surface area (Å²) < 4.78 is 0. The molecular formula is C15H21ClN2O2. The highest BCUT2D eigenvalue weighted by atomic mass is 35.5. The molecule has 0 aromatic heterocycles.